The molecule has 0 saturated carbocycles. The molecule has 1 unspecified atom stereocenters. The Hall–Kier alpha value is -1.02. The Bertz CT molecular complexity index is 309. The molecule has 2 heteroatoms. The molecule has 0 aromatic heterocycles. The van der Waals surface area contributed by atoms with Crippen LogP contribution in [0.2, 0.25) is 0 Å². The van der Waals surface area contributed by atoms with Crippen molar-refractivity contribution in [2.45, 2.75) is 26.2 Å². The van der Waals surface area contributed by atoms with Crippen LogP contribution in [0.5, 0.6) is 5.75 Å². The van der Waals surface area contributed by atoms with Gasteiger partial charge in [-0.1, -0.05) is 25.1 Å². The van der Waals surface area contributed by atoms with Gasteiger partial charge in [0.2, 0.25) is 0 Å². The van der Waals surface area contributed by atoms with Crippen LogP contribution in [-0.2, 0) is 0 Å². The first-order valence-corrected chi connectivity index (χ1v) is 5.52. The first kappa shape index (κ1) is 12.1. The fraction of sp³-hybridized carbons (Fsp3) is 0.538. The lowest BCUT2D eigenvalue weighted by Crippen LogP contribution is -2.17. The lowest BCUT2D eigenvalue weighted by Gasteiger charge is -2.19. The lowest BCUT2D eigenvalue weighted by molar-refractivity contribution is 0.400. The molecule has 0 radical (unpaired) electrons. The largest absolute Gasteiger partial charge is 0.496 e. The van der Waals surface area contributed by atoms with E-state index in [-0.39, 0.29) is 0 Å². The van der Waals surface area contributed by atoms with Gasteiger partial charge in [-0.3, -0.25) is 0 Å². The minimum Gasteiger partial charge on any atom is -0.496 e. The van der Waals surface area contributed by atoms with Crippen molar-refractivity contribution in [2.75, 3.05) is 20.7 Å². The summed E-state index contributed by atoms with van der Waals surface area (Å²) in [5, 5.41) is 3.23. The van der Waals surface area contributed by atoms with E-state index in [2.05, 4.69) is 37.4 Å². The molecule has 0 bridgehead atoms. The van der Waals surface area contributed by atoms with Crippen LogP contribution in [0.25, 0.3) is 0 Å². The van der Waals surface area contributed by atoms with Crippen molar-refractivity contribution in [1.82, 2.24) is 5.32 Å². The Morgan fingerprint density at radius 3 is 2.67 bits per heavy atom. The second-order valence-corrected chi connectivity index (χ2v) is 3.86. The summed E-state index contributed by atoms with van der Waals surface area (Å²) in [6.07, 6.45) is 1.13. The summed E-state index contributed by atoms with van der Waals surface area (Å²) in [5.74, 6) is 1.57. The van der Waals surface area contributed by atoms with E-state index >= 15 is 0 Å². The van der Waals surface area contributed by atoms with Gasteiger partial charge in [0.15, 0.2) is 0 Å². The van der Waals surface area contributed by atoms with Crippen molar-refractivity contribution in [3.63, 3.8) is 0 Å². The maximum atomic E-state index is 5.48. The smallest absolute Gasteiger partial charge is 0.125 e. The molecular weight excluding hydrogens is 186 g/mol. The molecule has 0 heterocycles. The van der Waals surface area contributed by atoms with E-state index in [0.717, 1.165) is 18.7 Å². The molecule has 15 heavy (non-hydrogen) atoms. The first-order valence-electron chi connectivity index (χ1n) is 5.52. The zero-order chi connectivity index (χ0) is 11.3. The van der Waals surface area contributed by atoms with Crippen LogP contribution in [0.1, 0.15) is 30.4 Å². The second kappa shape index (κ2) is 5.76. The van der Waals surface area contributed by atoms with Gasteiger partial charge < -0.3 is 10.1 Å². The van der Waals surface area contributed by atoms with E-state index in [0.29, 0.717) is 5.92 Å². The maximum Gasteiger partial charge on any atom is 0.125 e. The molecule has 1 atom stereocenters. The Kier molecular flexibility index (Phi) is 4.63. The number of hydrogen-bond acceptors (Lipinski definition) is 2. The number of methoxy groups -OCH3 is 1. The zero-order valence-electron chi connectivity index (χ0n) is 10.1. The third kappa shape index (κ3) is 2.72. The third-order valence-electron chi connectivity index (χ3n) is 2.83. The van der Waals surface area contributed by atoms with Gasteiger partial charge in [0.25, 0.3) is 0 Å². The van der Waals surface area contributed by atoms with Crippen LogP contribution < -0.4 is 10.1 Å². The number of rotatable bonds is 5. The number of para-hydroxylation sites is 1. The lowest BCUT2D eigenvalue weighted by atomic mass is 9.94. The van der Waals surface area contributed by atoms with Gasteiger partial charge in [-0.25, -0.2) is 0 Å². The second-order valence-electron chi connectivity index (χ2n) is 3.86. The van der Waals surface area contributed by atoms with E-state index in [4.69, 9.17) is 4.74 Å². The van der Waals surface area contributed by atoms with Gasteiger partial charge in [0.1, 0.15) is 5.75 Å². The molecule has 0 saturated heterocycles. The van der Waals surface area contributed by atoms with Gasteiger partial charge in [0.05, 0.1) is 7.11 Å². The van der Waals surface area contributed by atoms with E-state index in [1.54, 1.807) is 7.11 Å². The molecular formula is C13H21NO. The molecule has 84 valence electrons. The van der Waals surface area contributed by atoms with Gasteiger partial charge in [-0.2, -0.15) is 0 Å². The van der Waals surface area contributed by atoms with Gasteiger partial charge in [-0.15, -0.1) is 0 Å². The molecule has 1 N–H and O–H groups in total. The highest BCUT2D eigenvalue weighted by atomic mass is 16.5. The van der Waals surface area contributed by atoms with Crippen LogP contribution in [0.15, 0.2) is 18.2 Å². The first-order chi connectivity index (χ1) is 7.24. The standard InChI is InChI=1S/C13H21NO/c1-5-11(9-14-3)12-8-6-7-10(2)13(12)15-4/h6-8,11,14H,5,9H2,1-4H3. The van der Waals surface area contributed by atoms with E-state index in [9.17, 15) is 0 Å². The van der Waals surface area contributed by atoms with Crippen molar-refractivity contribution >= 4 is 0 Å². The van der Waals surface area contributed by atoms with Crippen molar-refractivity contribution in [2.24, 2.45) is 0 Å². The Morgan fingerprint density at radius 1 is 1.40 bits per heavy atom. The molecule has 0 fully saturated rings. The summed E-state index contributed by atoms with van der Waals surface area (Å²) in [5.41, 5.74) is 2.53. The molecule has 1 aromatic carbocycles. The van der Waals surface area contributed by atoms with E-state index in [1.165, 1.54) is 11.1 Å². The summed E-state index contributed by atoms with van der Waals surface area (Å²) in [6.45, 7) is 5.30. The summed E-state index contributed by atoms with van der Waals surface area (Å²) in [6, 6.07) is 6.36. The highest BCUT2D eigenvalue weighted by Crippen LogP contribution is 2.31. The molecule has 2 nitrogen and oxygen atoms in total. The number of nitrogens with one attached hydrogen (secondary N) is 1. The number of hydrogen-bond donors (Lipinski definition) is 1. The highest BCUT2D eigenvalue weighted by Gasteiger charge is 2.14. The fourth-order valence-corrected chi connectivity index (χ4v) is 2.00. The van der Waals surface area contributed by atoms with Crippen LogP contribution in [-0.4, -0.2) is 20.7 Å². The predicted molar refractivity (Wildman–Crippen MR) is 64.7 cm³/mol. The van der Waals surface area contributed by atoms with Crippen molar-refractivity contribution in [1.29, 1.82) is 0 Å². The minimum absolute atomic E-state index is 0.532. The maximum absolute atomic E-state index is 5.48. The van der Waals surface area contributed by atoms with Gasteiger partial charge in [0, 0.05) is 6.54 Å². The number of ether oxygens (including phenoxy) is 1. The molecule has 0 spiro atoms. The number of aryl methyl sites for hydroxylation is 1. The predicted octanol–water partition coefficient (Wildman–Crippen LogP) is 2.72. The van der Waals surface area contributed by atoms with Crippen molar-refractivity contribution in [3.8, 4) is 5.75 Å². The average Bonchev–Trinajstić information content (AvgIpc) is 2.25. The molecule has 0 amide bonds. The quantitative estimate of drug-likeness (QED) is 0.801. The molecule has 0 aliphatic rings. The van der Waals surface area contributed by atoms with Crippen LogP contribution >= 0.6 is 0 Å². The van der Waals surface area contributed by atoms with Gasteiger partial charge >= 0.3 is 0 Å². The zero-order valence-corrected chi connectivity index (χ0v) is 10.1. The molecule has 1 rings (SSSR count). The van der Waals surface area contributed by atoms with E-state index < -0.39 is 0 Å². The third-order valence-corrected chi connectivity index (χ3v) is 2.83. The Labute approximate surface area is 92.6 Å². The summed E-state index contributed by atoms with van der Waals surface area (Å²) >= 11 is 0. The van der Waals surface area contributed by atoms with E-state index in [1.807, 2.05) is 7.05 Å². The van der Waals surface area contributed by atoms with Gasteiger partial charge in [-0.05, 0) is 37.4 Å². The monoisotopic (exact) mass is 207 g/mol. The Balaban J connectivity index is 3.04. The average molecular weight is 207 g/mol. The minimum atomic E-state index is 0.532. The normalized spacial score (nSPS) is 12.5. The number of benzene rings is 1. The van der Waals surface area contributed by atoms with Crippen molar-refractivity contribution in [3.05, 3.63) is 29.3 Å². The Morgan fingerprint density at radius 2 is 2.13 bits per heavy atom. The number of likely N-dealkylation sites (N-methyl/N-ethyl adjacent to an activating group) is 1. The highest BCUT2D eigenvalue weighted by molar-refractivity contribution is 5.42. The molecule has 0 aliphatic heterocycles. The SMILES string of the molecule is CCC(CNC)c1cccc(C)c1OC. The van der Waals surface area contributed by atoms with Crippen LogP contribution in [0.3, 0.4) is 0 Å². The van der Waals surface area contributed by atoms with Crippen LogP contribution in [0.4, 0.5) is 0 Å². The fourth-order valence-electron chi connectivity index (χ4n) is 2.00. The molecule has 1 aromatic rings. The van der Waals surface area contributed by atoms with Crippen molar-refractivity contribution < 1.29 is 4.74 Å². The topological polar surface area (TPSA) is 21.3 Å². The summed E-state index contributed by atoms with van der Waals surface area (Å²) in [4.78, 5) is 0. The molecule has 0 aliphatic carbocycles. The summed E-state index contributed by atoms with van der Waals surface area (Å²) in [7, 11) is 3.74. The summed E-state index contributed by atoms with van der Waals surface area (Å²) < 4.78 is 5.48. The van der Waals surface area contributed by atoms with Crippen LogP contribution in [0, 0.1) is 6.92 Å².